The molecule has 0 amide bonds. The highest BCUT2D eigenvalue weighted by Crippen LogP contribution is 2.37. The standard InChI is InChI=1S/C18H18BrNS/c1-11-8-9-15(14-7-5-4-6-13(11)14)17(20-3)16-10-12(2)18(19)21-16/h4-10,17,20H,1-3H3. The second kappa shape index (κ2) is 5.91. The van der Waals surface area contributed by atoms with Crippen LogP contribution in [-0.4, -0.2) is 7.05 Å². The zero-order valence-electron chi connectivity index (χ0n) is 12.4. The molecular weight excluding hydrogens is 342 g/mol. The van der Waals surface area contributed by atoms with Crippen molar-refractivity contribution in [1.29, 1.82) is 0 Å². The number of hydrogen-bond acceptors (Lipinski definition) is 2. The maximum absolute atomic E-state index is 3.64. The van der Waals surface area contributed by atoms with Crippen LogP contribution in [0.3, 0.4) is 0 Å². The summed E-state index contributed by atoms with van der Waals surface area (Å²) in [5.41, 5.74) is 3.96. The third-order valence-electron chi connectivity index (χ3n) is 3.94. The largest absolute Gasteiger partial charge is 0.309 e. The van der Waals surface area contributed by atoms with Gasteiger partial charge in [-0.15, -0.1) is 11.3 Å². The van der Waals surface area contributed by atoms with Gasteiger partial charge in [0.05, 0.1) is 9.83 Å². The summed E-state index contributed by atoms with van der Waals surface area (Å²) >= 11 is 5.45. The van der Waals surface area contributed by atoms with E-state index in [0.717, 1.165) is 0 Å². The van der Waals surface area contributed by atoms with Gasteiger partial charge < -0.3 is 5.32 Å². The predicted octanol–water partition coefficient (Wildman–Crippen LogP) is 5.59. The first-order valence-electron chi connectivity index (χ1n) is 7.03. The van der Waals surface area contributed by atoms with Crippen LogP contribution in [0.4, 0.5) is 0 Å². The highest BCUT2D eigenvalue weighted by atomic mass is 79.9. The predicted molar refractivity (Wildman–Crippen MR) is 96.3 cm³/mol. The van der Waals surface area contributed by atoms with Gasteiger partial charge in [-0.05, 0) is 70.4 Å². The molecule has 0 aliphatic carbocycles. The molecule has 3 aromatic rings. The molecule has 1 heterocycles. The van der Waals surface area contributed by atoms with Crippen LogP contribution in [0.25, 0.3) is 10.8 Å². The summed E-state index contributed by atoms with van der Waals surface area (Å²) in [5, 5.41) is 6.14. The summed E-state index contributed by atoms with van der Waals surface area (Å²) in [6, 6.07) is 15.6. The average Bonchev–Trinajstić information content (AvgIpc) is 2.82. The Morgan fingerprint density at radius 1 is 1.00 bits per heavy atom. The fourth-order valence-corrected chi connectivity index (χ4v) is 4.50. The minimum absolute atomic E-state index is 0.227. The van der Waals surface area contributed by atoms with Crippen molar-refractivity contribution in [2.45, 2.75) is 19.9 Å². The van der Waals surface area contributed by atoms with Crippen molar-refractivity contribution in [2.75, 3.05) is 7.05 Å². The number of aryl methyl sites for hydroxylation is 2. The van der Waals surface area contributed by atoms with Crippen molar-refractivity contribution in [3.63, 3.8) is 0 Å². The summed E-state index contributed by atoms with van der Waals surface area (Å²) in [5.74, 6) is 0. The molecule has 0 spiro atoms. The van der Waals surface area contributed by atoms with E-state index >= 15 is 0 Å². The molecule has 0 saturated heterocycles. The molecule has 2 aromatic carbocycles. The Balaban J connectivity index is 2.20. The van der Waals surface area contributed by atoms with Crippen LogP contribution in [-0.2, 0) is 0 Å². The molecule has 21 heavy (non-hydrogen) atoms. The van der Waals surface area contributed by atoms with Gasteiger partial charge in [0.25, 0.3) is 0 Å². The van der Waals surface area contributed by atoms with Gasteiger partial charge >= 0.3 is 0 Å². The second-order valence-corrected chi connectivity index (χ2v) is 7.75. The van der Waals surface area contributed by atoms with Crippen molar-refractivity contribution in [2.24, 2.45) is 0 Å². The van der Waals surface area contributed by atoms with E-state index in [0.29, 0.717) is 0 Å². The average molecular weight is 360 g/mol. The van der Waals surface area contributed by atoms with Crippen molar-refractivity contribution in [3.05, 3.63) is 67.8 Å². The fraction of sp³-hybridized carbons (Fsp3) is 0.222. The first kappa shape index (κ1) is 14.8. The van der Waals surface area contributed by atoms with Gasteiger partial charge in [0.15, 0.2) is 0 Å². The molecule has 1 unspecified atom stereocenters. The number of halogens is 1. The quantitative estimate of drug-likeness (QED) is 0.642. The first-order valence-corrected chi connectivity index (χ1v) is 8.64. The maximum Gasteiger partial charge on any atom is 0.0731 e. The molecule has 1 N–H and O–H groups in total. The molecular formula is C18H18BrNS. The zero-order chi connectivity index (χ0) is 15.0. The van der Waals surface area contributed by atoms with Crippen molar-refractivity contribution in [3.8, 4) is 0 Å². The number of fused-ring (bicyclic) bond motifs is 1. The molecule has 1 nitrogen and oxygen atoms in total. The van der Waals surface area contributed by atoms with Gasteiger partial charge in [-0.1, -0.05) is 36.4 Å². The van der Waals surface area contributed by atoms with Crippen molar-refractivity contribution in [1.82, 2.24) is 5.32 Å². The third kappa shape index (κ3) is 2.66. The first-order chi connectivity index (χ1) is 10.1. The minimum Gasteiger partial charge on any atom is -0.309 e. The molecule has 0 saturated carbocycles. The van der Waals surface area contributed by atoms with Crippen LogP contribution < -0.4 is 5.32 Å². The van der Waals surface area contributed by atoms with Gasteiger partial charge in [0.1, 0.15) is 0 Å². The number of thiophene rings is 1. The molecule has 0 radical (unpaired) electrons. The molecule has 3 rings (SSSR count). The number of rotatable bonds is 3. The molecule has 0 aliphatic rings. The summed E-state index contributed by atoms with van der Waals surface area (Å²) in [4.78, 5) is 1.34. The summed E-state index contributed by atoms with van der Waals surface area (Å²) in [6.45, 7) is 4.32. The van der Waals surface area contributed by atoms with E-state index in [1.807, 2.05) is 18.4 Å². The van der Waals surface area contributed by atoms with Crippen LogP contribution in [0.15, 0.2) is 46.3 Å². The number of hydrogen-bond donors (Lipinski definition) is 1. The molecule has 0 bridgehead atoms. The summed E-state index contributed by atoms with van der Waals surface area (Å²) in [7, 11) is 2.03. The Bertz CT molecular complexity index is 772. The van der Waals surface area contributed by atoms with E-state index in [9.17, 15) is 0 Å². The smallest absolute Gasteiger partial charge is 0.0731 e. The van der Waals surface area contributed by atoms with Gasteiger partial charge in [0.2, 0.25) is 0 Å². The van der Waals surface area contributed by atoms with Gasteiger partial charge in [-0.3, -0.25) is 0 Å². The molecule has 108 valence electrons. The Morgan fingerprint density at radius 3 is 2.33 bits per heavy atom. The van der Waals surface area contributed by atoms with E-state index in [1.165, 1.54) is 36.1 Å². The monoisotopic (exact) mass is 359 g/mol. The summed E-state index contributed by atoms with van der Waals surface area (Å²) in [6.07, 6.45) is 0. The lowest BCUT2D eigenvalue weighted by atomic mass is 9.95. The maximum atomic E-state index is 3.64. The highest BCUT2D eigenvalue weighted by molar-refractivity contribution is 9.11. The summed E-state index contributed by atoms with van der Waals surface area (Å²) < 4.78 is 1.22. The third-order valence-corrected chi connectivity index (χ3v) is 6.14. The lowest BCUT2D eigenvalue weighted by molar-refractivity contribution is 0.708. The van der Waals surface area contributed by atoms with E-state index < -0.39 is 0 Å². The van der Waals surface area contributed by atoms with E-state index in [1.54, 1.807) is 0 Å². The van der Waals surface area contributed by atoms with E-state index in [4.69, 9.17) is 0 Å². The number of nitrogens with one attached hydrogen (secondary N) is 1. The highest BCUT2D eigenvalue weighted by Gasteiger charge is 2.18. The van der Waals surface area contributed by atoms with E-state index in [-0.39, 0.29) is 6.04 Å². The Morgan fingerprint density at radius 2 is 1.71 bits per heavy atom. The molecule has 0 aliphatic heterocycles. The molecule has 0 fully saturated rings. The van der Waals surface area contributed by atoms with Crippen molar-refractivity contribution < 1.29 is 0 Å². The lowest BCUT2D eigenvalue weighted by Crippen LogP contribution is -2.16. The van der Waals surface area contributed by atoms with E-state index in [2.05, 4.69) is 77.6 Å². The molecule has 1 aromatic heterocycles. The SMILES string of the molecule is CNC(c1cc(C)c(Br)s1)c1ccc(C)c2ccccc12. The Kier molecular flexibility index (Phi) is 4.16. The van der Waals surface area contributed by atoms with Gasteiger partial charge in [0, 0.05) is 4.88 Å². The fourth-order valence-electron chi connectivity index (χ4n) is 2.80. The zero-order valence-corrected chi connectivity index (χ0v) is 14.8. The van der Waals surface area contributed by atoms with Gasteiger partial charge in [-0.2, -0.15) is 0 Å². The van der Waals surface area contributed by atoms with Crippen LogP contribution in [0.2, 0.25) is 0 Å². The Labute approximate surface area is 138 Å². The van der Waals surface area contributed by atoms with Gasteiger partial charge in [-0.25, -0.2) is 0 Å². The normalized spacial score (nSPS) is 12.8. The molecule has 3 heteroatoms. The number of benzene rings is 2. The van der Waals surface area contributed by atoms with Crippen LogP contribution in [0.5, 0.6) is 0 Å². The van der Waals surface area contributed by atoms with Crippen LogP contribution >= 0.6 is 27.3 Å². The van der Waals surface area contributed by atoms with Crippen LogP contribution in [0.1, 0.15) is 27.6 Å². The minimum atomic E-state index is 0.227. The molecule has 1 atom stereocenters. The lowest BCUT2D eigenvalue weighted by Gasteiger charge is -2.18. The van der Waals surface area contributed by atoms with Crippen LogP contribution in [0, 0.1) is 13.8 Å². The van der Waals surface area contributed by atoms with Crippen molar-refractivity contribution >= 4 is 38.0 Å². The second-order valence-electron chi connectivity index (χ2n) is 5.34. The topological polar surface area (TPSA) is 12.0 Å². The Hall–Kier alpha value is -1.16.